The van der Waals surface area contributed by atoms with Crippen LogP contribution in [0.25, 0.3) is 0 Å². The molecule has 0 fully saturated rings. The van der Waals surface area contributed by atoms with Gasteiger partial charge in [0.1, 0.15) is 0 Å². The SMILES string of the molecule is Cc1ccc(CCCc2ccc(C(=O)CC(C)CC(=O)O)s2)cc1. The van der Waals surface area contributed by atoms with Crippen LogP contribution in [0.2, 0.25) is 0 Å². The molecule has 1 aromatic carbocycles. The lowest BCUT2D eigenvalue weighted by atomic mass is 10.0. The first-order valence-corrected chi connectivity index (χ1v) is 9.15. The summed E-state index contributed by atoms with van der Waals surface area (Å²) in [5.41, 5.74) is 2.62. The number of benzene rings is 1. The van der Waals surface area contributed by atoms with Crippen LogP contribution in [0.4, 0.5) is 0 Å². The number of aryl methyl sites for hydroxylation is 3. The van der Waals surface area contributed by atoms with Gasteiger partial charge in [0.15, 0.2) is 5.78 Å². The second-order valence-corrected chi connectivity index (χ2v) is 7.60. The standard InChI is InChI=1S/C20H24O3S/c1-14-6-8-16(9-7-14)4-3-5-17-10-11-19(24-17)18(21)12-15(2)13-20(22)23/h6-11,15H,3-5,12-13H2,1-2H3,(H,22,23). The number of hydrogen-bond donors (Lipinski definition) is 1. The fourth-order valence-electron chi connectivity index (χ4n) is 2.67. The van der Waals surface area contributed by atoms with E-state index in [0.29, 0.717) is 6.42 Å². The quantitative estimate of drug-likeness (QED) is 0.657. The maximum absolute atomic E-state index is 12.2. The van der Waals surface area contributed by atoms with E-state index in [-0.39, 0.29) is 18.1 Å². The molecule has 0 saturated carbocycles. The Morgan fingerprint density at radius 2 is 1.75 bits per heavy atom. The maximum Gasteiger partial charge on any atom is 0.303 e. The van der Waals surface area contributed by atoms with Gasteiger partial charge in [-0.3, -0.25) is 9.59 Å². The summed E-state index contributed by atoms with van der Waals surface area (Å²) in [6.45, 7) is 3.90. The van der Waals surface area contributed by atoms with E-state index in [1.165, 1.54) is 16.0 Å². The van der Waals surface area contributed by atoms with Crippen molar-refractivity contribution >= 4 is 23.1 Å². The molecule has 0 aliphatic rings. The molecule has 0 aliphatic heterocycles. The van der Waals surface area contributed by atoms with Crippen molar-refractivity contribution in [2.75, 3.05) is 0 Å². The number of ketones is 1. The number of carboxylic acids is 1. The van der Waals surface area contributed by atoms with Gasteiger partial charge >= 0.3 is 5.97 Å². The van der Waals surface area contributed by atoms with E-state index in [9.17, 15) is 9.59 Å². The molecular weight excluding hydrogens is 320 g/mol. The first kappa shape index (κ1) is 18.4. The number of Topliss-reactive ketones (excluding diaryl/α,β-unsaturated/α-hetero) is 1. The van der Waals surface area contributed by atoms with Gasteiger partial charge in [-0.2, -0.15) is 0 Å². The molecule has 0 saturated heterocycles. The lowest BCUT2D eigenvalue weighted by Crippen LogP contribution is -2.09. The van der Waals surface area contributed by atoms with Crippen LogP contribution in [0.5, 0.6) is 0 Å². The van der Waals surface area contributed by atoms with Crippen LogP contribution in [-0.2, 0) is 17.6 Å². The molecule has 2 aromatic rings. The third-order valence-electron chi connectivity index (χ3n) is 4.00. The molecule has 1 aromatic heterocycles. The third-order valence-corrected chi connectivity index (χ3v) is 5.19. The molecule has 1 unspecified atom stereocenters. The highest BCUT2D eigenvalue weighted by atomic mass is 32.1. The predicted molar refractivity (Wildman–Crippen MR) is 97.9 cm³/mol. The average molecular weight is 344 g/mol. The second-order valence-electron chi connectivity index (χ2n) is 6.44. The second kappa shape index (κ2) is 8.78. The number of aliphatic carboxylic acids is 1. The van der Waals surface area contributed by atoms with Crippen LogP contribution in [-0.4, -0.2) is 16.9 Å². The first-order chi connectivity index (χ1) is 11.4. The van der Waals surface area contributed by atoms with E-state index in [0.717, 1.165) is 24.1 Å². The predicted octanol–water partition coefficient (Wildman–Crippen LogP) is 4.92. The number of thiophene rings is 1. The number of carboxylic acid groups (broad SMARTS) is 1. The fraction of sp³-hybridized carbons (Fsp3) is 0.400. The number of carbonyl (C=O) groups is 2. The van der Waals surface area contributed by atoms with Crippen LogP contribution in [0, 0.1) is 12.8 Å². The Bertz CT molecular complexity index is 685. The molecule has 3 nitrogen and oxygen atoms in total. The molecule has 4 heteroatoms. The van der Waals surface area contributed by atoms with Gasteiger partial charge in [0, 0.05) is 17.7 Å². The van der Waals surface area contributed by atoms with E-state index in [4.69, 9.17) is 5.11 Å². The summed E-state index contributed by atoms with van der Waals surface area (Å²) in [7, 11) is 0. The summed E-state index contributed by atoms with van der Waals surface area (Å²) < 4.78 is 0. The van der Waals surface area contributed by atoms with Crippen molar-refractivity contribution in [1.82, 2.24) is 0 Å². The molecule has 0 radical (unpaired) electrons. The summed E-state index contributed by atoms with van der Waals surface area (Å²) in [6, 6.07) is 12.5. The Morgan fingerprint density at radius 3 is 2.42 bits per heavy atom. The molecule has 2 rings (SSSR count). The molecule has 0 amide bonds. The fourth-order valence-corrected chi connectivity index (χ4v) is 3.67. The molecule has 1 N–H and O–H groups in total. The van der Waals surface area contributed by atoms with Gasteiger partial charge in [-0.05, 0) is 49.8 Å². The Balaban J connectivity index is 1.80. The van der Waals surface area contributed by atoms with Crippen LogP contribution < -0.4 is 0 Å². The van der Waals surface area contributed by atoms with Crippen LogP contribution in [0.3, 0.4) is 0 Å². The average Bonchev–Trinajstić information content (AvgIpc) is 2.97. The van der Waals surface area contributed by atoms with Gasteiger partial charge < -0.3 is 5.11 Å². The lowest BCUT2D eigenvalue weighted by Gasteiger charge is -2.05. The third kappa shape index (κ3) is 5.93. The highest BCUT2D eigenvalue weighted by Gasteiger charge is 2.15. The van der Waals surface area contributed by atoms with Gasteiger partial charge in [-0.15, -0.1) is 11.3 Å². The van der Waals surface area contributed by atoms with E-state index < -0.39 is 5.97 Å². The zero-order valence-electron chi connectivity index (χ0n) is 14.2. The van der Waals surface area contributed by atoms with Crippen molar-refractivity contribution < 1.29 is 14.7 Å². The van der Waals surface area contributed by atoms with Gasteiger partial charge in [-0.25, -0.2) is 0 Å². The first-order valence-electron chi connectivity index (χ1n) is 8.33. The zero-order valence-corrected chi connectivity index (χ0v) is 15.1. The van der Waals surface area contributed by atoms with Gasteiger partial charge in [0.2, 0.25) is 0 Å². The van der Waals surface area contributed by atoms with E-state index in [1.54, 1.807) is 11.3 Å². The number of rotatable bonds is 9. The minimum atomic E-state index is -0.849. The number of hydrogen-bond acceptors (Lipinski definition) is 3. The zero-order chi connectivity index (χ0) is 17.5. The maximum atomic E-state index is 12.2. The van der Waals surface area contributed by atoms with Gasteiger partial charge in [0.05, 0.1) is 4.88 Å². The Kier molecular flexibility index (Phi) is 6.73. The molecular formula is C20H24O3S. The molecule has 1 heterocycles. The minimum Gasteiger partial charge on any atom is -0.481 e. The van der Waals surface area contributed by atoms with Crippen molar-refractivity contribution in [2.24, 2.45) is 5.92 Å². The topological polar surface area (TPSA) is 54.4 Å². The van der Waals surface area contributed by atoms with Gasteiger partial charge in [-0.1, -0.05) is 36.8 Å². The monoisotopic (exact) mass is 344 g/mol. The molecule has 0 spiro atoms. The van der Waals surface area contributed by atoms with E-state index >= 15 is 0 Å². The summed E-state index contributed by atoms with van der Waals surface area (Å²) in [5.74, 6) is -0.918. The normalized spacial score (nSPS) is 12.1. The highest BCUT2D eigenvalue weighted by molar-refractivity contribution is 7.14. The van der Waals surface area contributed by atoms with Crippen molar-refractivity contribution in [1.29, 1.82) is 0 Å². The van der Waals surface area contributed by atoms with Crippen molar-refractivity contribution in [3.63, 3.8) is 0 Å². The van der Waals surface area contributed by atoms with E-state index in [2.05, 4.69) is 31.2 Å². The Morgan fingerprint density at radius 1 is 1.04 bits per heavy atom. The summed E-state index contributed by atoms with van der Waals surface area (Å²) in [6.07, 6.45) is 3.41. The van der Waals surface area contributed by atoms with Crippen molar-refractivity contribution in [3.8, 4) is 0 Å². The summed E-state index contributed by atoms with van der Waals surface area (Å²) >= 11 is 1.54. The molecule has 24 heavy (non-hydrogen) atoms. The largest absolute Gasteiger partial charge is 0.481 e. The molecule has 0 aliphatic carbocycles. The minimum absolute atomic E-state index is 0.0422. The van der Waals surface area contributed by atoms with Crippen molar-refractivity contribution in [3.05, 3.63) is 57.3 Å². The van der Waals surface area contributed by atoms with Crippen molar-refractivity contribution in [2.45, 2.75) is 46.0 Å². The Labute approximate surface area is 147 Å². The van der Waals surface area contributed by atoms with E-state index in [1.807, 2.05) is 19.1 Å². The highest BCUT2D eigenvalue weighted by Crippen LogP contribution is 2.22. The lowest BCUT2D eigenvalue weighted by molar-refractivity contribution is -0.137. The van der Waals surface area contributed by atoms with Crippen LogP contribution in [0.15, 0.2) is 36.4 Å². The molecule has 128 valence electrons. The van der Waals surface area contributed by atoms with Crippen LogP contribution in [0.1, 0.15) is 51.9 Å². The summed E-state index contributed by atoms with van der Waals surface area (Å²) in [5, 5.41) is 8.77. The van der Waals surface area contributed by atoms with Crippen LogP contribution >= 0.6 is 11.3 Å². The Hall–Kier alpha value is -1.94. The molecule has 0 bridgehead atoms. The molecule has 1 atom stereocenters. The number of carbonyl (C=O) groups excluding carboxylic acids is 1. The summed E-state index contributed by atoms with van der Waals surface area (Å²) in [4.78, 5) is 24.8. The smallest absolute Gasteiger partial charge is 0.303 e. The van der Waals surface area contributed by atoms with Gasteiger partial charge in [0.25, 0.3) is 0 Å².